The van der Waals surface area contributed by atoms with E-state index >= 15 is 0 Å². The Morgan fingerprint density at radius 1 is 0.175 bits per heavy atom. The summed E-state index contributed by atoms with van der Waals surface area (Å²) >= 11 is 0. The van der Waals surface area contributed by atoms with Gasteiger partial charge in [0.15, 0.2) is 0 Å². The van der Waals surface area contributed by atoms with Crippen molar-refractivity contribution in [3.05, 3.63) is 405 Å². The Morgan fingerprint density at radius 3 is 0.750 bits per heavy atom. The first kappa shape index (κ1) is 69.6. The highest BCUT2D eigenvalue weighted by molar-refractivity contribution is 6.26. The van der Waals surface area contributed by atoms with E-state index in [2.05, 4.69) is 405 Å². The third-order valence-electron chi connectivity index (χ3n) is 24.2. The Kier molecular flexibility index (Phi) is 16.4. The van der Waals surface area contributed by atoms with Crippen molar-refractivity contribution in [2.45, 2.75) is 20.8 Å². The highest BCUT2D eigenvalue weighted by Gasteiger charge is 2.24. The van der Waals surface area contributed by atoms with Gasteiger partial charge in [0.05, 0.1) is 119 Å². The zero-order valence-corrected chi connectivity index (χ0v) is 66.0. The molecule has 0 amide bonds. The van der Waals surface area contributed by atoms with Crippen LogP contribution >= 0.6 is 0 Å². The summed E-state index contributed by atoms with van der Waals surface area (Å²) < 4.78 is 7.12. The number of rotatable bonds is 7. The number of fused-ring (bicyclic) bond motifs is 27. The zero-order chi connectivity index (χ0) is 79.6. The second-order valence-corrected chi connectivity index (χ2v) is 31.4. The van der Waals surface area contributed by atoms with Crippen molar-refractivity contribution in [2.75, 3.05) is 0 Å². The minimum absolute atomic E-state index is 0.857. The first-order valence-corrected chi connectivity index (χ1v) is 40.9. The molecule has 0 atom stereocenters. The fourth-order valence-corrected chi connectivity index (χ4v) is 18.8. The summed E-state index contributed by atoms with van der Waals surface area (Å²) in [6.07, 6.45) is 5.80. The van der Waals surface area contributed by atoms with E-state index in [4.69, 9.17) is 29.9 Å². The number of aryl methyl sites for hydroxylation is 3. The van der Waals surface area contributed by atoms with Crippen LogP contribution in [0, 0.1) is 20.8 Å². The fourth-order valence-electron chi connectivity index (χ4n) is 18.8. The molecule has 0 spiro atoms. The van der Waals surface area contributed by atoms with E-state index in [1.54, 1.807) is 0 Å². The third kappa shape index (κ3) is 11.3. The smallest absolute Gasteiger partial charge is 0.0979 e. The average Bonchev–Trinajstić information content (AvgIpc) is 1.47. The van der Waals surface area contributed by atoms with Crippen molar-refractivity contribution in [1.29, 1.82) is 0 Å². The monoisotopic (exact) mass is 1530 g/mol. The second kappa shape index (κ2) is 28.3. The van der Waals surface area contributed by atoms with Crippen LogP contribution in [0.5, 0.6) is 0 Å². The maximum atomic E-state index is 5.33. The van der Waals surface area contributed by atoms with Gasteiger partial charge in [-0.05, 0) is 143 Å². The molecule has 6 aromatic heterocycles. The average molecular weight is 1530 g/mol. The standard InChI is InChI=1S/C40H25N3.C36H25N3.C35H23N3/c1-2-12-26(13-3-1)27-22-23-38-34(24-27)30-16-8-10-20-36(30)43(38)37-21-11-9-19-33(37)35-25-41-39-31-17-6-4-14-28(31)29-15-5-7-18-32(29)40(39)42-35;1-22-15-17-33-29(19-22)30-20-23(2)16-18-34(30)39(33)32-14-8-7-13-28(32)31-21-37-35-26-11-5-3-9-24(26)25-10-4-6-12-27(25)36(35)38-31;1-22-18-19-33-29(20-22)25-12-6-8-16-31(25)38(33)32-17-9-7-15-28(32)30-21-36-34-26-13-4-2-10-23(26)24-11-3-5-14-27(24)35(34)37-30/h1-25H;3-21H,1-2H3;2-21H,1H3. The second-order valence-electron chi connectivity index (χ2n) is 31.4. The minimum Gasteiger partial charge on any atom is -0.309 e. The van der Waals surface area contributed by atoms with Gasteiger partial charge >= 0.3 is 0 Å². The van der Waals surface area contributed by atoms with E-state index in [1.807, 2.05) is 18.6 Å². The van der Waals surface area contributed by atoms with Gasteiger partial charge in [0.2, 0.25) is 0 Å². The van der Waals surface area contributed by atoms with Crippen molar-refractivity contribution in [1.82, 2.24) is 43.6 Å². The van der Waals surface area contributed by atoms with E-state index in [-0.39, 0.29) is 0 Å². The quantitative estimate of drug-likeness (QED) is 0.148. The first-order chi connectivity index (χ1) is 59.3. The van der Waals surface area contributed by atoms with Gasteiger partial charge in [0.25, 0.3) is 0 Å². The molecule has 0 unspecified atom stereocenters. The molecule has 0 fully saturated rings. The molecule has 9 heteroatoms. The van der Waals surface area contributed by atoms with Gasteiger partial charge in [0.1, 0.15) is 0 Å². The predicted octanol–water partition coefficient (Wildman–Crippen LogP) is 28.7. The molecule has 19 aromatic carbocycles. The summed E-state index contributed by atoms with van der Waals surface area (Å²) in [5.41, 5.74) is 27.9. The van der Waals surface area contributed by atoms with Gasteiger partial charge < -0.3 is 13.7 Å². The fraction of sp³-hybridized carbons (Fsp3) is 0.0270. The Labute approximate surface area is 690 Å². The van der Waals surface area contributed by atoms with Crippen LogP contribution in [0.2, 0.25) is 0 Å². The summed E-state index contributed by atoms with van der Waals surface area (Å²) in [6.45, 7) is 6.47. The molecule has 562 valence electrons. The molecule has 0 saturated heterocycles. The molecule has 6 heterocycles. The molecule has 9 nitrogen and oxygen atoms in total. The molecule has 0 aliphatic carbocycles. The van der Waals surface area contributed by atoms with E-state index in [0.717, 1.165) is 116 Å². The van der Waals surface area contributed by atoms with Crippen molar-refractivity contribution in [3.8, 4) is 62.0 Å². The van der Waals surface area contributed by atoms with Crippen LogP contribution < -0.4 is 0 Å². The maximum Gasteiger partial charge on any atom is 0.0979 e. The molecule has 0 aliphatic rings. The van der Waals surface area contributed by atoms with E-state index in [1.165, 1.54) is 126 Å². The highest BCUT2D eigenvalue weighted by Crippen LogP contribution is 2.45. The van der Waals surface area contributed by atoms with Gasteiger partial charge in [-0.15, -0.1) is 0 Å². The van der Waals surface area contributed by atoms with Crippen molar-refractivity contribution < 1.29 is 0 Å². The number of hydrogen-bond donors (Lipinski definition) is 0. The van der Waals surface area contributed by atoms with Crippen LogP contribution in [0.3, 0.4) is 0 Å². The Bertz CT molecular complexity index is 8380. The third-order valence-corrected chi connectivity index (χ3v) is 24.2. The summed E-state index contributed by atoms with van der Waals surface area (Å²) in [7, 11) is 0. The van der Waals surface area contributed by atoms with Gasteiger partial charge in [-0.2, -0.15) is 0 Å². The van der Waals surface area contributed by atoms with Crippen molar-refractivity contribution in [2.24, 2.45) is 0 Å². The molecule has 120 heavy (non-hydrogen) atoms. The Hall–Kier alpha value is -15.8. The molecule has 0 saturated carbocycles. The summed E-state index contributed by atoms with van der Waals surface area (Å²) in [5, 5.41) is 21.5. The van der Waals surface area contributed by atoms with Crippen LogP contribution in [0.4, 0.5) is 0 Å². The number of nitrogens with zero attached hydrogens (tertiary/aromatic N) is 9. The number of hydrogen-bond acceptors (Lipinski definition) is 6. The molecular formula is C111H73N9. The number of benzene rings is 19. The van der Waals surface area contributed by atoms with Gasteiger partial charge in [-0.3, -0.25) is 15.0 Å². The lowest BCUT2D eigenvalue weighted by atomic mass is 9.99. The highest BCUT2D eigenvalue weighted by atomic mass is 15.0. The first-order valence-electron chi connectivity index (χ1n) is 40.9. The van der Waals surface area contributed by atoms with Gasteiger partial charge in [-0.25, -0.2) is 15.0 Å². The summed E-state index contributed by atoms with van der Waals surface area (Å²) in [4.78, 5) is 31.0. The normalized spacial score (nSPS) is 11.8. The Morgan fingerprint density at radius 2 is 0.417 bits per heavy atom. The molecular weight excluding hydrogens is 1460 g/mol. The number of para-hydroxylation sites is 5. The summed E-state index contributed by atoms with van der Waals surface area (Å²) in [5.74, 6) is 0. The largest absolute Gasteiger partial charge is 0.309 e. The van der Waals surface area contributed by atoms with Crippen LogP contribution in [0.15, 0.2) is 389 Å². The zero-order valence-electron chi connectivity index (χ0n) is 66.0. The van der Waals surface area contributed by atoms with Crippen molar-refractivity contribution >= 4 is 163 Å². The predicted molar refractivity (Wildman–Crippen MR) is 503 cm³/mol. The topological polar surface area (TPSA) is 92.1 Å². The molecule has 0 aliphatic heterocycles. The summed E-state index contributed by atoms with van der Waals surface area (Å²) in [6, 6.07) is 131. The molecule has 0 N–H and O–H groups in total. The lowest BCUT2D eigenvalue weighted by Crippen LogP contribution is -1.99. The molecule has 25 rings (SSSR count). The van der Waals surface area contributed by atoms with Gasteiger partial charge in [0, 0.05) is 81.3 Å². The van der Waals surface area contributed by atoms with Crippen LogP contribution in [0.1, 0.15) is 16.7 Å². The van der Waals surface area contributed by atoms with E-state index in [0.29, 0.717) is 0 Å². The Balaban J connectivity index is 0.000000105. The van der Waals surface area contributed by atoms with Crippen LogP contribution in [0.25, 0.3) is 225 Å². The maximum absolute atomic E-state index is 5.33. The lowest BCUT2D eigenvalue weighted by Gasteiger charge is -2.15. The van der Waals surface area contributed by atoms with E-state index < -0.39 is 0 Å². The van der Waals surface area contributed by atoms with Crippen LogP contribution in [-0.4, -0.2) is 43.6 Å². The SMILES string of the molecule is Cc1ccc2c(c1)c1cc(C)ccc1n2-c1ccccc1-c1cnc2c3ccccc3c3ccccc3c2n1.Cc1ccc2c(c1)c1ccccc1n2-c1ccccc1-c1cnc2c3ccccc3c3ccccc3c2n1.c1ccc(-c2ccc3c(c2)c2ccccc2n3-c2ccccc2-c2cnc3c4ccccc4c4ccccc4c3n2)cc1. The minimum atomic E-state index is 0.857. The number of aromatic nitrogens is 9. The molecule has 25 aromatic rings. The van der Waals surface area contributed by atoms with E-state index in [9.17, 15) is 0 Å². The van der Waals surface area contributed by atoms with Crippen molar-refractivity contribution in [3.63, 3.8) is 0 Å². The molecule has 0 bridgehead atoms. The van der Waals surface area contributed by atoms with Gasteiger partial charge in [-0.1, -0.05) is 308 Å². The lowest BCUT2D eigenvalue weighted by molar-refractivity contribution is 1.17. The molecule has 0 radical (unpaired) electrons. The van der Waals surface area contributed by atoms with Crippen LogP contribution in [-0.2, 0) is 0 Å².